The second kappa shape index (κ2) is 13.8. The summed E-state index contributed by atoms with van der Waals surface area (Å²) in [6, 6.07) is 67.8. The monoisotopic (exact) mass is 756 g/mol. The highest BCUT2D eigenvalue weighted by molar-refractivity contribution is 6.11. The second-order valence-electron chi connectivity index (χ2n) is 15.3. The van der Waals surface area contributed by atoms with Crippen molar-refractivity contribution in [2.75, 3.05) is 4.90 Å². The Bertz CT molecular complexity index is 3260. The summed E-state index contributed by atoms with van der Waals surface area (Å²) < 4.78 is 8.84. The first-order chi connectivity index (χ1) is 29.1. The Balaban J connectivity index is 1.12. The maximum absolute atomic E-state index is 6.48. The molecule has 0 N–H and O–H groups in total. The lowest BCUT2D eigenvalue weighted by Gasteiger charge is -2.34. The van der Waals surface area contributed by atoms with Crippen molar-refractivity contribution in [3.63, 3.8) is 0 Å². The van der Waals surface area contributed by atoms with Crippen molar-refractivity contribution in [1.29, 1.82) is 0 Å². The van der Waals surface area contributed by atoms with E-state index in [9.17, 15) is 0 Å². The van der Waals surface area contributed by atoms with Crippen LogP contribution >= 0.6 is 0 Å². The van der Waals surface area contributed by atoms with E-state index in [4.69, 9.17) is 11.0 Å². The Kier molecular flexibility index (Phi) is 8.09. The van der Waals surface area contributed by atoms with Gasteiger partial charge in [0.2, 0.25) is 0 Å². The lowest BCUT2D eigenvalue weighted by Crippen LogP contribution is -2.28. The number of para-hydroxylation sites is 3. The number of rotatable bonds is 8. The molecule has 3 heteroatoms. The first kappa shape index (κ1) is 34.6. The molecular weight excluding hydrogens is 717 g/mol. The predicted octanol–water partition coefficient (Wildman–Crippen LogP) is 15.2. The number of hydrogen-bond donors (Lipinski definition) is 0. The Morgan fingerprint density at radius 3 is 1.88 bits per heavy atom. The molecule has 8 aromatic carbocycles. The zero-order valence-corrected chi connectivity index (χ0v) is 32.7. The number of furan rings is 1. The van der Waals surface area contributed by atoms with Crippen LogP contribution in [0.1, 0.15) is 23.6 Å². The van der Waals surface area contributed by atoms with Crippen LogP contribution in [0.2, 0.25) is 0 Å². The summed E-state index contributed by atoms with van der Waals surface area (Å²) in [4.78, 5) is 2.36. The van der Waals surface area contributed by atoms with Gasteiger partial charge >= 0.3 is 0 Å². The molecule has 59 heavy (non-hydrogen) atoms. The summed E-state index contributed by atoms with van der Waals surface area (Å²) in [6.45, 7) is 6.83. The van der Waals surface area contributed by atoms with E-state index in [1.54, 1.807) is 0 Å². The number of benzene rings is 8. The Morgan fingerprint density at radius 1 is 0.525 bits per heavy atom. The SMILES string of the molecule is C=C(/C=C\C=C/C)C1(c2ccc(N(c3ccc4c(c3)oc3ccccc34)c3ccc4c(c3)c3ccccc3n4-c3ccccc3)cc2)c2ccccc2-c2ccccc21. The number of nitrogens with zero attached hydrogens (tertiary/aromatic N) is 2. The molecule has 280 valence electrons. The Hall–Kier alpha value is -7.62. The zero-order chi connectivity index (χ0) is 39.5. The van der Waals surface area contributed by atoms with Crippen molar-refractivity contribution < 1.29 is 4.42 Å². The summed E-state index contributed by atoms with van der Waals surface area (Å²) in [7, 11) is 0. The van der Waals surface area contributed by atoms with Gasteiger partial charge in [-0.2, -0.15) is 0 Å². The summed E-state index contributed by atoms with van der Waals surface area (Å²) in [6.07, 6.45) is 8.39. The molecule has 11 rings (SSSR count). The number of anilines is 3. The fourth-order valence-electron chi connectivity index (χ4n) is 9.60. The van der Waals surface area contributed by atoms with Crippen LogP contribution in [0.15, 0.2) is 229 Å². The standard InChI is InChI=1S/C56H40N2O/c1-3-4-6-17-38(2)56(50-24-13-9-20-44(50)45-21-10-14-25-51(45)56)39-28-30-41(31-29-39)57(43-32-34-48-47-23-12-16-27-54(47)59-55(48)37-43)42-33-35-53-49(36-42)46-22-11-15-26-52(46)58(53)40-18-7-5-8-19-40/h3-37H,2H2,1H3/b4-3-,17-6-. The molecule has 0 unspecified atom stereocenters. The van der Waals surface area contributed by atoms with Gasteiger partial charge < -0.3 is 13.9 Å². The van der Waals surface area contributed by atoms with Gasteiger partial charge in [-0.3, -0.25) is 0 Å². The van der Waals surface area contributed by atoms with Crippen LogP contribution in [0, 0.1) is 0 Å². The van der Waals surface area contributed by atoms with E-state index >= 15 is 0 Å². The third kappa shape index (κ3) is 5.28. The Morgan fingerprint density at radius 2 is 1.12 bits per heavy atom. The summed E-state index contributed by atoms with van der Waals surface area (Å²) in [5, 5.41) is 4.62. The molecule has 3 nitrogen and oxygen atoms in total. The van der Waals surface area contributed by atoms with E-state index < -0.39 is 5.41 Å². The molecule has 0 saturated carbocycles. The minimum atomic E-state index is -0.569. The maximum atomic E-state index is 6.48. The van der Waals surface area contributed by atoms with Gasteiger partial charge in [0.15, 0.2) is 0 Å². The molecule has 1 aliphatic rings. The van der Waals surface area contributed by atoms with Crippen LogP contribution in [-0.2, 0) is 5.41 Å². The van der Waals surface area contributed by atoms with E-state index in [0.717, 1.165) is 55.8 Å². The molecule has 2 aromatic heterocycles. The molecule has 0 bridgehead atoms. The number of aromatic nitrogens is 1. The van der Waals surface area contributed by atoms with Gasteiger partial charge in [0.1, 0.15) is 11.2 Å². The van der Waals surface area contributed by atoms with Crippen molar-refractivity contribution in [3.8, 4) is 16.8 Å². The zero-order valence-electron chi connectivity index (χ0n) is 32.7. The lowest BCUT2D eigenvalue weighted by atomic mass is 9.67. The quantitative estimate of drug-likeness (QED) is 0.144. The molecule has 1 aliphatic carbocycles. The molecule has 0 saturated heterocycles. The summed E-state index contributed by atoms with van der Waals surface area (Å²) in [5.41, 5.74) is 14.9. The van der Waals surface area contributed by atoms with Gasteiger partial charge in [-0.15, -0.1) is 0 Å². The minimum Gasteiger partial charge on any atom is -0.456 e. The van der Waals surface area contributed by atoms with Crippen molar-refractivity contribution in [1.82, 2.24) is 4.57 Å². The minimum absolute atomic E-state index is 0.569. The topological polar surface area (TPSA) is 21.3 Å². The number of allylic oxidation sites excluding steroid dienone is 5. The molecule has 0 atom stereocenters. The van der Waals surface area contributed by atoms with Crippen LogP contribution < -0.4 is 4.90 Å². The average Bonchev–Trinajstić information content (AvgIpc) is 3.93. The molecular formula is C56H40N2O. The highest BCUT2D eigenvalue weighted by atomic mass is 16.3. The number of hydrogen-bond acceptors (Lipinski definition) is 2. The summed E-state index contributed by atoms with van der Waals surface area (Å²) >= 11 is 0. The second-order valence-corrected chi connectivity index (χ2v) is 15.3. The van der Waals surface area contributed by atoms with E-state index in [0.29, 0.717) is 0 Å². The van der Waals surface area contributed by atoms with Crippen molar-refractivity contribution in [2.45, 2.75) is 12.3 Å². The van der Waals surface area contributed by atoms with Crippen LogP contribution in [0.3, 0.4) is 0 Å². The molecule has 10 aromatic rings. The first-order valence-corrected chi connectivity index (χ1v) is 20.2. The van der Waals surface area contributed by atoms with Gasteiger partial charge in [-0.25, -0.2) is 0 Å². The third-order valence-electron chi connectivity index (χ3n) is 12.1. The van der Waals surface area contributed by atoms with Gasteiger partial charge in [0.25, 0.3) is 0 Å². The first-order valence-electron chi connectivity index (χ1n) is 20.2. The fraction of sp³-hybridized carbons (Fsp3) is 0.0357. The van der Waals surface area contributed by atoms with E-state index in [1.807, 2.05) is 19.1 Å². The van der Waals surface area contributed by atoms with Crippen LogP contribution in [0.5, 0.6) is 0 Å². The largest absolute Gasteiger partial charge is 0.456 e. The van der Waals surface area contributed by atoms with E-state index in [2.05, 4.69) is 210 Å². The normalized spacial score (nSPS) is 13.2. The molecule has 0 aliphatic heterocycles. The molecule has 0 radical (unpaired) electrons. The van der Waals surface area contributed by atoms with Gasteiger partial charge in [0.05, 0.1) is 16.4 Å². The average molecular weight is 757 g/mol. The third-order valence-corrected chi connectivity index (χ3v) is 12.1. The van der Waals surface area contributed by atoms with Crippen LogP contribution in [0.4, 0.5) is 17.1 Å². The smallest absolute Gasteiger partial charge is 0.137 e. The van der Waals surface area contributed by atoms with E-state index in [-0.39, 0.29) is 0 Å². The maximum Gasteiger partial charge on any atom is 0.137 e. The van der Waals surface area contributed by atoms with Gasteiger partial charge in [-0.1, -0.05) is 146 Å². The van der Waals surface area contributed by atoms with Gasteiger partial charge in [0, 0.05) is 50.4 Å². The van der Waals surface area contributed by atoms with Crippen LogP contribution in [-0.4, -0.2) is 4.57 Å². The van der Waals surface area contributed by atoms with Crippen molar-refractivity contribution in [2.24, 2.45) is 0 Å². The van der Waals surface area contributed by atoms with Crippen LogP contribution in [0.25, 0.3) is 60.6 Å². The van der Waals surface area contributed by atoms with Crippen molar-refractivity contribution in [3.05, 3.63) is 241 Å². The highest BCUT2D eigenvalue weighted by Crippen LogP contribution is 2.56. The predicted molar refractivity (Wildman–Crippen MR) is 248 cm³/mol. The molecule has 0 amide bonds. The Labute approximate surface area is 343 Å². The highest BCUT2D eigenvalue weighted by Gasteiger charge is 2.45. The molecule has 2 heterocycles. The summed E-state index contributed by atoms with van der Waals surface area (Å²) in [5.74, 6) is 0. The van der Waals surface area contributed by atoms with Crippen molar-refractivity contribution >= 4 is 60.8 Å². The molecule has 0 spiro atoms. The molecule has 0 fully saturated rings. The lowest BCUT2D eigenvalue weighted by molar-refractivity contribution is 0.669. The number of fused-ring (bicyclic) bond motifs is 9. The van der Waals surface area contributed by atoms with E-state index in [1.165, 1.54) is 44.1 Å². The van der Waals surface area contributed by atoms with Gasteiger partial charge in [-0.05, 0) is 107 Å². The fourth-order valence-corrected chi connectivity index (χ4v) is 9.60.